The third-order valence-corrected chi connectivity index (χ3v) is 5.36. The Balaban J connectivity index is 1.54. The van der Waals surface area contributed by atoms with Crippen molar-refractivity contribution in [2.75, 3.05) is 0 Å². The van der Waals surface area contributed by atoms with E-state index in [4.69, 9.17) is 10.00 Å². The van der Waals surface area contributed by atoms with Crippen LogP contribution in [0.3, 0.4) is 0 Å². The van der Waals surface area contributed by atoms with Gasteiger partial charge in [0.15, 0.2) is 0 Å². The van der Waals surface area contributed by atoms with E-state index in [2.05, 4.69) is 19.1 Å². The molecule has 0 aliphatic heterocycles. The summed E-state index contributed by atoms with van der Waals surface area (Å²) in [5, 5.41) is 8.89. The SMILES string of the molecule is CCCCCC1=CCC(C(=O)Oc2ccc(-c3ccc(C#N)cc3)cc2)CC1. The lowest BCUT2D eigenvalue weighted by Gasteiger charge is -2.20. The smallest absolute Gasteiger partial charge is 0.314 e. The Morgan fingerprint density at radius 3 is 2.32 bits per heavy atom. The van der Waals surface area contributed by atoms with Crippen LogP contribution in [0, 0.1) is 17.2 Å². The van der Waals surface area contributed by atoms with Gasteiger partial charge in [-0.25, -0.2) is 0 Å². The van der Waals surface area contributed by atoms with E-state index in [1.807, 2.05) is 36.4 Å². The van der Waals surface area contributed by atoms with Crippen molar-refractivity contribution >= 4 is 5.97 Å². The molecule has 0 N–H and O–H groups in total. The Bertz CT molecular complexity index is 857. The van der Waals surface area contributed by atoms with Gasteiger partial charge in [0.2, 0.25) is 0 Å². The summed E-state index contributed by atoms with van der Waals surface area (Å²) in [4.78, 5) is 12.5. The highest BCUT2D eigenvalue weighted by Gasteiger charge is 2.23. The first kappa shape index (κ1) is 19.9. The average Bonchev–Trinajstić information content (AvgIpc) is 2.75. The van der Waals surface area contributed by atoms with E-state index >= 15 is 0 Å². The lowest BCUT2D eigenvalue weighted by atomic mass is 9.87. The topological polar surface area (TPSA) is 50.1 Å². The second-order valence-corrected chi connectivity index (χ2v) is 7.43. The third-order valence-electron chi connectivity index (χ3n) is 5.36. The molecule has 0 saturated carbocycles. The second-order valence-electron chi connectivity index (χ2n) is 7.43. The summed E-state index contributed by atoms with van der Waals surface area (Å²) in [6, 6.07) is 17.1. The molecule has 0 saturated heterocycles. The number of allylic oxidation sites excluding steroid dienone is 2. The molecule has 0 spiro atoms. The molecule has 0 aromatic heterocycles. The maximum Gasteiger partial charge on any atom is 0.314 e. The van der Waals surface area contributed by atoms with Crippen LogP contribution in [-0.2, 0) is 4.79 Å². The molecule has 0 radical (unpaired) electrons. The Morgan fingerprint density at radius 2 is 1.75 bits per heavy atom. The summed E-state index contributed by atoms with van der Waals surface area (Å²) in [5.41, 5.74) is 4.21. The van der Waals surface area contributed by atoms with Crippen LogP contribution < -0.4 is 4.74 Å². The highest BCUT2D eigenvalue weighted by atomic mass is 16.5. The molecule has 0 amide bonds. The molecule has 144 valence electrons. The Labute approximate surface area is 167 Å². The van der Waals surface area contributed by atoms with Gasteiger partial charge in [0, 0.05) is 0 Å². The van der Waals surface area contributed by atoms with Gasteiger partial charge in [0.1, 0.15) is 5.75 Å². The standard InChI is InChI=1S/C25H27NO2/c1-2-3-4-5-19-6-12-23(13-7-19)25(27)28-24-16-14-22(15-17-24)21-10-8-20(18-26)9-11-21/h6,8-11,14-17,23H,2-5,7,12-13H2,1H3. The molecule has 0 heterocycles. The van der Waals surface area contributed by atoms with Gasteiger partial charge in [-0.2, -0.15) is 5.26 Å². The minimum atomic E-state index is -0.130. The molecule has 2 aromatic rings. The lowest BCUT2D eigenvalue weighted by molar-refractivity contribution is -0.139. The number of nitrogens with zero attached hydrogens (tertiary/aromatic N) is 1. The molecule has 0 fully saturated rings. The molecule has 1 aliphatic rings. The molecule has 3 heteroatoms. The van der Waals surface area contributed by atoms with Crippen molar-refractivity contribution in [2.24, 2.45) is 5.92 Å². The number of esters is 1. The van der Waals surface area contributed by atoms with Crippen LogP contribution in [0.5, 0.6) is 5.75 Å². The first-order valence-corrected chi connectivity index (χ1v) is 10.2. The summed E-state index contributed by atoms with van der Waals surface area (Å²) in [7, 11) is 0. The lowest BCUT2D eigenvalue weighted by Crippen LogP contribution is -2.22. The van der Waals surface area contributed by atoms with Crippen LogP contribution in [0.1, 0.15) is 57.4 Å². The molecule has 3 rings (SSSR count). The summed E-state index contributed by atoms with van der Waals surface area (Å²) in [6.45, 7) is 2.22. The van der Waals surface area contributed by atoms with E-state index in [9.17, 15) is 4.79 Å². The highest BCUT2D eigenvalue weighted by molar-refractivity contribution is 5.76. The van der Waals surface area contributed by atoms with Crippen molar-refractivity contribution in [1.82, 2.24) is 0 Å². The number of benzene rings is 2. The van der Waals surface area contributed by atoms with Gasteiger partial charge in [0.25, 0.3) is 0 Å². The molecule has 28 heavy (non-hydrogen) atoms. The summed E-state index contributed by atoms with van der Waals surface area (Å²) in [5.74, 6) is 0.420. The van der Waals surface area contributed by atoms with Gasteiger partial charge in [-0.3, -0.25) is 4.79 Å². The number of carbonyl (C=O) groups excluding carboxylic acids is 1. The zero-order valence-corrected chi connectivity index (χ0v) is 16.5. The largest absolute Gasteiger partial charge is 0.426 e. The van der Waals surface area contributed by atoms with E-state index in [1.165, 1.54) is 31.3 Å². The van der Waals surface area contributed by atoms with Gasteiger partial charge in [0.05, 0.1) is 17.6 Å². The average molecular weight is 373 g/mol. The number of rotatable bonds is 7. The molecule has 1 aliphatic carbocycles. The van der Waals surface area contributed by atoms with E-state index in [-0.39, 0.29) is 11.9 Å². The first-order valence-electron chi connectivity index (χ1n) is 10.2. The Morgan fingerprint density at radius 1 is 1.07 bits per heavy atom. The van der Waals surface area contributed by atoms with Gasteiger partial charge in [-0.05, 0) is 67.5 Å². The van der Waals surface area contributed by atoms with Crippen LogP contribution >= 0.6 is 0 Å². The quantitative estimate of drug-likeness (QED) is 0.243. The van der Waals surface area contributed by atoms with Crippen LogP contribution in [0.15, 0.2) is 60.2 Å². The zero-order valence-electron chi connectivity index (χ0n) is 16.5. The van der Waals surface area contributed by atoms with Gasteiger partial charge in [-0.15, -0.1) is 0 Å². The fourth-order valence-corrected chi connectivity index (χ4v) is 3.58. The molecular formula is C25H27NO2. The first-order chi connectivity index (χ1) is 13.7. The van der Waals surface area contributed by atoms with E-state index < -0.39 is 0 Å². The number of hydrogen-bond acceptors (Lipinski definition) is 3. The van der Waals surface area contributed by atoms with E-state index in [0.29, 0.717) is 11.3 Å². The molecule has 1 unspecified atom stereocenters. The molecular weight excluding hydrogens is 346 g/mol. The predicted molar refractivity (Wildman–Crippen MR) is 112 cm³/mol. The van der Waals surface area contributed by atoms with E-state index in [1.54, 1.807) is 12.1 Å². The van der Waals surface area contributed by atoms with Gasteiger partial charge >= 0.3 is 5.97 Å². The molecule has 3 nitrogen and oxygen atoms in total. The fraction of sp³-hybridized carbons (Fsp3) is 0.360. The Hall–Kier alpha value is -2.86. The van der Waals surface area contributed by atoms with Crippen LogP contribution in [-0.4, -0.2) is 5.97 Å². The summed E-state index contributed by atoms with van der Waals surface area (Å²) < 4.78 is 5.60. The number of carbonyl (C=O) groups is 1. The predicted octanol–water partition coefficient (Wildman–Crippen LogP) is 6.44. The molecule has 2 aromatic carbocycles. The number of unbranched alkanes of at least 4 members (excludes halogenated alkanes) is 2. The van der Waals surface area contributed by atoms with Crippen LogP contribution in [0.2, 0.25) is 0 Å². The van der Waals surface area contributed by atoms with Crippen molar-refractivity contribution in [2.45, 2.75) is 51.9 Å². The zero-order chi connectivity index (χ0) is 19.8. The summed E-state index contributed by atoms with van der Waals surface area (Å²) >= 11 is 0. The molecule has 0 bridgehead atoms. The van der Waals surface area contributed by atoms with E-state index in [0.717, 1.165) is 30.4 Å². The third kappa shape index (κ3) is 5.33. The number of hydrogen-bond donors (Lipinski definition) is 0. The normalized spacial score (nSPS) is 16.1. The fourth-order valence-electron chi connectivity index (χ4n) is 3.58. The second kappa shape index (κ2) is 9.90. The van der Waals surface area contributed by atoms with Crippen molar-refractivity contribution < 1.29 is 9.53 Å². The van der Waals surface area contributed by atoms with Crippen molar-refractivity contribution in [3.8, 4) is 22.9 Å². The Kier molecular flexibility index (Phi) is 7.03. The number of nitriles is 1. The minimum absolute atomic E-state index is 0.0341. The summed E-state index contributed by atoms with van der Waals surface area (Å²) in [6.07, 6.45) is 9.90. The van der Waals surface area contributed by atoms with Crippen molar-refractivity contribution in [1.29, 1.82) is 5.26 Å². The monoisotopic (exact) mass is 373 g/mol. The van der Waals surface area contributed by atoms with Crippen molar-refractivity contribution in [3.05, 3.63) is 65.7 Å². The highest BCUT2D eigenvalue weighted by Crippen LogP contribution is 2.29. The van der Waals surface area contributed by atoms with Gasteiger partial charge < -0.3 is 4.74 Å². The van der Waals surface area contributed by atoms with Crippen LogP contribution in [0.25, 0.3) is 11.1 Å². The minimum Gasteiger partial charge on any atom is -0.426 e. The molecule has 1 atom stereocenters. The van der Waals surface area contributed by atoms with Crippen LogP contribution in [0.4, 0.5) is 0 Å². The maximum atomic E-state index is 12.5. The number of ether oxygens (including phenoxy) is 1. The maximum absolute atomic E-state index is 12.5. The van der Waals surface area contributed by atoms with Gasteiger partial charge in [-0.1, -0.05) is 55.7 Å². The van der Waals surface area contributed by atoms with Crippen molar-refractivity contribution in [3.63, 3.8) is 0 Å².